The maximum absolute atomic E-state index is 13.7. The fourth-order valence-electron chi connectivity index (χ4n) is 1.94. The Kier molecular flexibility index (Phi) is 8.45. The van der Waals surface area contributed by atoms with Gasteiger partial charge >= 0.3 is 29.9 Å². The van der Waals surface area contributed by atoms with Crippen LogP contribution in [0.15, 0.2) is 38.4 Å². The Balaban J connectivity index is 2.94. The van der Waals surface area contributed by atoms with Gasteiger partial charge < -0.3 is 5.32 Å². The largest absolute Gasteiger partial charge is 0.460 e. The van der Waals surface area contributed by atoms with Gasteiger partial charge in [-0.25, -0.2) is 0 Å². The maximum Gasteiger partial charge on any atom is 0.460 e. The standard InChI is InChI=1S/C16H10BrF11INO/c17-9-3-1-8(2-4-9)11(31)30-6-5-10(29)7-12(18,19)13(20,21)14(22,23)15(24,25)16(26,27)28/h1-4,7H,5-6H2,(H,30,31). The van der Waals surface area contributed by atoms with Crippen molar-refractivity contribution in [3.05, 3.63) is 44.0 Å². The number of allylic oxidation sites excluding steroid dienone is 1. The molecule has 1 aromatic carbocycles. The molecule has 31 heavy (non-hydrogen) atoms. The van der Waals surface area contributed by atoms with E-state index in [4.69, 9.17) is 0 Å². The van der Waals surface area contributed by atoms with Gasteiger partial charge in [-0.1, -0.05) is 15.9 Å². The molecule has 1 amide bonds. The Morgan fingerprint density at radius 1 is 0.871 bits per heavy atom. The van der Waals surface area contributed by atoms with Gasteiger partial charge in [0.2, 0.25) is 0 Å². The van der Waals surface area contributed by atoms with Gasteiger partial charge in [-0.15, -0.1) is 0 Å². The Morgan fingerprint density at radius 3 is 1.81 bits per heavy atom. The van der Waals surface area contributed by atoms with E-state index in [0.29, 0.717) is 4.47 Å². The predicted octanol–water partition coefficient (Wildman–Crippen LogP) is 6.99. The number of halogens is 13. The average Bonchev–Trinajstić information content (AvgIpc) is 2.60. The second kappa shape index (κ2) is 9.39. The molecule has 2 nitrogen and oxygen atoms in total. The highest BCUT2D eigenvalue weighted by molar-refractivity contribution is 14.1. The van der Waals surface area contributed by atoms with Crippen LogP contribution in [0.1, 0.15) is 16.8 Å². The fraction of sp³-hybridized carbons (Fsp3) is 0.438. The van der Waals surface area contributed by atoms with Gasteiger partial charge in [0.15, 0.2) is 0 Å². The monoisotopic (exact) mass is 647 g/mol. The highest BCUT2D eigenvalue weighted by Gasteiger charge is 2.86. The lowest BCUT2D eigenvalue weighted by molar-refractivity contribution is -0.416. The smallest absolute Gasteiger partial charge is 0.352 e. The molecule has 0 saturated heterocycles. The van der Waals surface area contributed by atoms with Crippen molar-refractivity contribution in [3.8, 4) is 0 Å². The average molecular weight is 648 g/mol. The Bertz CT molecular complexity index is 822. The van der Waals surface area contributed by atoms with Crippen molar-refractivity contribution in [1.29, 1.82) is 0 Å². The van der Waals surface area contributed by atoms with Crippen LogP contribution in [0.2, 0.25) is 0 Å². The molecular weight excluding hydrogens is 638 g/mol. The number of benzene rings is 1. The molecule has 0 bridgehead atoms. The zero-order valence-corrected chi connectivity index (χ0v) is 18.4. The lowest BCUT2D eigenvalue weighted by atomic mass is 9.97. The van der Waals surface area contributed by atoms with E-state index >= 15 is 0 Å². The van der Waals surface area contributed by atoms with E-state index < -0.39 is 58.4 Å². The predicted molar refractivity (Wildman–Crippen MR) is 99.0 cm³/mol. The zero-order chi connectivity index (χ0) is 24.5. The first kappa shape index (κ1) is 27.9. The summed E-state index contributed by atoms with van der Waals surface area (Å²) in [6.07, 6.45) is -8.68. The molecule has 0 aliphatic carbocycles. The van der Waals surface area contributed by atoms with Crippen molar-refractivity contribution < 1.29 is 53.1 Å². The second-order valence-corrected chi connectivity index (χ2v) is 8.25. The van der Waals surface area contributed by atoms with Crippen molar-refractivity contribution in [2.45, 2.75) is 36.3 Å². The molecule has 1 rings (SSSR count). The van der Waals surface area contributed by atoms with Crippen LogP contribution in [0, 0.1) is 0 Å². The van der Waals surface area contributed by atoms with Gasteiger partial charge in [-0.05, 0) is 56.9 Å². The molecule has 15 heteroatoms. The Morgan fingerprint density at radius 2 is 1.35 bits per heavy atom. The summed E-state index contributed by atoms with van der Waals surface area (Å²) in [5.41, 5.74) is 0.132. The molecular formula is C16H10BrF11INO. The summed E-state index contributed by atoms with van der Waals surface area (Å²) < 4.78 is 142. The number of hydrogen-bond acceptors (Lipinski definition) is 1. The van der Waals surface area contributed by atoms with Crippen molar-refractivity contribution in [3.63, 3.8) is 0 Å². The third kappa shape index (κ3) is 5.82. The van der Waals surface area contributed by atoms with Crippen LogP contribution < -0.4 is 5.32 Å². The number of alkyl halides is 11. The van der Waals surface area contributed by atoms with E-state index in [9.17, 15) is 53.1 Å². The highest BCUT2D eigenvalue weighted by atomic mass is 127. The number of nitrogens with one attached hydrogen (secondary N) is 1. The molecule has 1 aromatic rings. The topological polar surface area (TPSA) is 29.1 Å². The van der Waals surface area contributed by atoms with Crippen LogP contribution in [0.25, 0.3) is 0 Å². The van der Waals surface area contributed by atoms with Crippen molar-refractivity contribution in [2.24, 2.45) is 0 Å². The van der Waals surface area contributed by atoms with E-state index in [0.717, 1.165) is 22.6 Å². The first-order valence-electron chi connectivity index (χ1n) is 7.77. The molecule has 0 saturated carbocycles. The third-order valence-corrected chi connectivity index (χ3v) is 5.04. The lowest BCUT2D eigenvalue weighted by Gasteiger charge is -2.36. The number of hydrogen-bond donors (Lipinski definition) is 1. The van der Waals surface area contributed by atoms with Gasteiger partial charge in [0.1, 0.15) is 0 Å². The van der Waals surface area contributed by atoms with E-state index in [-0.39, 0.29) is 5.56 Å². The molecule has 1 N–H and O–H groups in total. The number of amides is 1. The Hall–Kier alpha value is -1.13. The van der Waals surface area contributed by atoms with Gasteiger partial charge in [0.25, 0.3) is 5.91 Å². The summed E-state index contributed by atoms with van der Waals surface area (Å²) >= 11 is 4.09. The van der Waals surface area contributed by atoms with Crippen LogP contribution >= 0.6 is 38.5 Å². The van der Waals surface area contributed by atoms with Crippen LogP contribution in [-0.4, -0.2) is 42.3 Å². The first-order valence-corrected chi connectivity index (χ1v) is 9.64. The fourth-order valence-corrected chi connectivity index (χ4v) is 2.87. The minimum absolute atomic E-state index is 0.132. The maximum atomic E-state index is 13.7. The third-order valence-electron chi connectivity index (χ3n) is 3.66. The first-order chi connectivity index (χ1) is 13.8. The minimum atomic E-state index is -7.45. The van der Waals surface area contributed by atoms with Crippen LogP contribution in [0.5, 0.6) is 0 Å². The molecule has 0 spiro atoms. The summed E-state index contributed by atoms with van der Waals surface area (Å²) in [6.45, 7) is -0.458. The molecule has 0 fully saturated rings. The van der Waals surface area contributed by atoms with Crippen LogP contribution in [0.3, 0.4) is 0 Å². The van der Waals surface area contributed by atoms with Crippen LogP contribution in [-0.2, 0) is 0 Å². The summed E-state index contributed by atoms with van der Waals surface area (Å²) in [5.74, 6) is -28.7. The number of carbonyl (C=O) groups excluding carboxylic acids is 1. The SMILES string of the molecule is O=C(NCCC(I)=CC(F)(F)C(F)(F)C(F)(F)C(F)(F)C(F)(F)F)c1ccc(Br)cc1. The second-order valence-electron chi connectivity index (χ2n) is 5.95. The van der Waals surface area contributed by atoms with Crippen LogP contribution in [0.4, 0.5) is 48.3 Å². The summed E-state index contributed by atoms with van der Waals surface area (Å²) in [5, 5.41) is 2.20. The lowest BCUT2D eigenvalue weighted by Crippen LogP contribution is -2.66. The zero-order valence-electron chi connectivity index (χ0n) is 14.6. The number of carbonyl (C=O) groups is 1. The summed E-state index contributed by atoms with van der Waals surface area (Å²) in [6, 6.07) is 5.74. The Labute approximate surface area is 189 Å². The molecule has 0 aliphatic rings. The van der Waals surface area contributed by atoms with E-state index in [1.165, 1.54) is 24.3 Å². The van der Waals surface area contributed by atoms with E-state index in [2.05, 4.69) is 21.2 Å². The minimum Gasteiger partial charge on any atom is -0.352 e. The summed E-state index contributed by atoms with van der Waals surface area (Å²) in [4.78, 5) is 11.8. The van der Waals surface area contributed by atoms with Crippen molar-refractivity contribution >= 4 is 44.4 Å². The molecule has 0 atom stereocenters. The molecule has 0 unspecified atom stereocenters. The van der Waals surface area contributed by atoms with Crippen molar-refractivity contribution in [2.75, 3.05) is 6.54 Å². The normalized spacial score (nSPS) is 14.5. The molecule has 0 radical (unpaired) electrons. The highest BCUT2D eigenvalue weighted by Crippen LogP contribution is 2.57. The van der Waals surface area contributed by atoms with Gasteiger partial charge in [0.05, 0.1) is 0 Å². The van der Waals surface area contributed by atoms with E-state index in [1.54, 1.807) is 0 Å². The quantitative estimate of drug-likeness (QED) is 0.239. The van der Waals surface area contributed by atoms with Gasteiger partial charge in [-0.2, -0.15) is 48.3 Å². The van der Waals surface area contributed by atoms with Crippen molar-refractivity contribution in [1.82, 2.24) is 5.32 Å². The molecule has 0 aliphatic heterocycles. The van der Waals surface area contributed by atoms with Gasteiger partial charge in [-0.3, -0.25) is 4.79 Å². The molecule has 0 heterocycles. The molecule has 0 aromatic heterocycles. The molecule has 176 valence electrons. The van der Waals surface area contributed by atoms with Gasteiger partial charge in [0, 0.05) is 22.7 Å². The number of rotatable bonds is 8. The van der Waals surface area contributed by atoms with E-state index in [1.807, 2.05) is 0 Å². The summed E-state index contributed by atoms with van der Waals surface area (Å²) in [7, 11) is 0.